The molecule has 0 spiro atoms. The molecule has 0 saturated carbocycles. The van der Waals surface area contributed by atoms with E-state index in [1.54, 1.807) is 24.1 Å². The van der Waals surface area contributed by atoms with Crippen molar-refractivity contribution in [2.75, 3.05) is 51.3 Å². The van der Waals surface area contributed by atoms with Gasteiger partial charge in [-0.2, -0.15) is 0 Å². The first-order chi connectivity index (χ1) is 18.5. The van der Waals surface area contributed by atoms with Crippen LogP contribution in [0.3, 0.4) is 0 Å². The lowest BCUT2D eigenvalue weighted by atomic mass is 10.1. The Bertz CT molecular complexity index is 1210. The molecule has 0 radical (unpaired) electrons. The zero-order valence-corrected chi connectivity index (χ0v) is 21.8. The molecule has 0 bridgehead atoms. The van der Waals surface area contributed by atoms with Gasteiger partial charge in [0.15, 0.2) is 5.82 Å². The number of urea groups is 1. The van der Waals surface area contributed by atoms with Crippen LogP contribution in [0.4, 0.5) is 15.0 Å². The Balaban J connectivity index is 1.34. The normalized spacial score (nSPS) is 13.2. The quantitative estimate of drug-likeness (QED) is 0.464. The van der Waals surface area contributed by atoms with Crippen LogP contribution >= 0.6 is 0 Å². The fraction of sp³-hybridized carbons (Fsp3) is 0.357. The SMILES string of the molecule is CCCNC(=O)N(CC(=O)N1CCN(c2ccc(-c3cccc(OC)c3)nn2)CC1)Cc1ccc(F)cc1. The summed E-state index contributed by atoms with van der Waals surface area (Å²) in [7, 11) is 1.63. The Kier molecular flexibility index (Phi) is 9.07. The number of piperazine rings is 1. The number of benzene rings is 2. The molecule has 38 heavy (non-hydrogen) atoms. The summed E-state index contributed by atoms with van der Waals surface area (Å²) in [4.78, 5) is 31.2. The lowest BCUT2D eigenvalue weighted by Gasteiger charge is -2.36. The zero-order chi connectivity index (χ0) is 26.9. The number of rotatable bonds is 9. The number of aromatic nitrogens is 2. The Morgan fingerprint density at radius 3 is 2.45 bits per heavy atom. The summed E-state index contributed by atoms with van der Waals surface area (Å²) in [5.41, 5.74) is 2.43. The molecule has 0 unspecified atom stereocenters. The molecule has 2 aromatic carbocycles. The first kappa shape index (κ1) is 26.8. The van der Waals surface area contributed by atoms with E-state index in [0.29, 0.717) is 32.7 Å². The van der Waals surface area contributed by atoms with Gasteiger partial charge >= 0.3 is 6.03 Å². The molecule has 4 rings (SSSR count). The van der Waals surface area contributed by atoms with Crippen molar-refractivity contribution in [3.05, 3.63) is 72.0 Å². The molecule has 3 amide bonds. The Labute approximate surface area is 222 Å². The minimum Gasteiger partial charge on any atom is -0.497 e. The van der Waals surface area contributed by atoms with Gasteiger partial charge in [-0.05, 0) is 48.4 Å². The number of carbonyl (C=O) groups is 2. The molecule has 10 heteroatoms. The second kappa shape index (κ2) is 12.8. The summed E-state index contributed by atoms with van der Waals surface area (Å²) in [5.74, 6) is 1.04. The number of hydrogen-bond acceptors (Lipinski definition) is 6. The third kappa shape index (κ3) is 6.96. The molecule has 1 aliphatic rings. The number of anilines is 1. The van der Waals surface area contributed by atoms with E-state index in [1.807, 2.05) is 43.3 Å². The molecule has 0 aliphatic carbocycles. The second-order valence-electron chi connectivity index (χ2n) is 9.09. The van der Waals surface area contributed by atoms with Gasteiger partial charge in [-0.3, -0.25) is 4.79 Å². The zero-order valence-electron chi connectivity index (χ0n) is 21.8. The molecular weight excluding hydrogens is 487 g/mol. The van der Waals surface area contributed by atoms with Crippen LogP contribution in [0.2, 0.25) is 0 Å². The van der Waals surface area contributed by atoms with Gasteiger partial charge in [0.1, 0.15) is 18.1 Å². The fourth-order valence-corrected chi connectivity index (χ4v) is 4.23. The van der Waals surface area contributed by atoms with E-state index < -0.39 is 0 Å². The fourth-order valence-electron chi connectivity index (χ4n) is 4.23. The van der Waals surface area contributed by atoms with E-state index in [2.05, 4.69) is 20.4 Å². The molecule has 1 fully saturated rings. The molecule has 1 N–H and O–H groups in total. The van der Waals surface area contributed by atoms with Crippen LogP contribution in [0.15, 0.2) is 60.7 Å². The van der Waals surface area contributed by atoms with Gasteiger partial charge in [-0.1, -0.05) is 31.2 Å². The van der Waals surface area contributed by atoms with Crippen molar-refractivity contribution >= 4 is 17.8 Å². The Morgan fingerprint density at radius 2 is 1.79 bits per heavy atom. The average molecular weight is 521 g/mol. The molecule has 2 heterocycles. The summed E-state index contributed by atoms with van der Waals surface area (Å²) in [6, 6.07) is 17.2. The Morgan fingerprint density at radius 1 is 1.03 bits per heavy atom. The molecule has 200 valence electrons. The number of carbonyl (C=O) groups excluding carboxylic acids is 2. The largest absolute Gasteiger partial charge is 0.497 e. The average Bonchev–Trinajstić information content (AvgIpc) is 2.96. The summed E-state index contributed by atoms with van der Waals surface area (Å²) in [6.45, 7) is 4.89. The highest BCUT2D eigenvalue weighted by atomic mass is 19.1. The summed E-state index contributed by atoms with van der Waals surface area (Å²) in [5, 5.41) is 11.6. The van der Waals surface area contributed by atoms with E-state index in [1.165, 1.54) is 17.0 Å². The topological polar surface area (TPSA) is 90.9 Å². The van der Waals surface area contributed by atoms with E-state index in [9.17, 15) is 14.0 Å². The maximum absolute atomic E-state index is 13.3. The van der Waals surface area contributed by atoms with Gasteiger partial charge in [-0.15, -0.1) is 10.2 Å². The van der Waals surface area contributed by atoms with Crippen molar-refractivity contribution in [2.24, 2.45) is 0 Å². The molecule has 1 saturated heterocycles. The second-order valence-corrected chi connectivity index (χ2v) is 9.09. The highest BCUT2D eigenvalue weighted by Gasteiger charge is 2.25. The lowest BCUT2D eigenvalue weighted by molar-refractivity contribution is -0.132. The van der Waals surface area contributed by atoms with Gasteiger partial charge < -0.3 is 24.8 Å². The number of ether oxygens (including phenoxy) is 1. The minimum absolute atomic E-state index is 0.0536. The number of amides is 3. The smallest absolute Gasteiger partial charge is 0.318 e. The number of methoxy groups -OCH3 is 1. The van der Waals surface area contributed by atoms with Gasteiger partial charge in [-0.25, -0.2) is 9.18 Å². The van der Waals surface area contributed by atoms with Gasteiger partial charge in [0, 0.05) is 44.8 Å². The van der Waals surface area contributed by atoms with Crippen molar-refractivity contribution in [1.82, 2.24) is 25.3 Å². The van der Waals surface area contributed by atoms with E-state index in [0.717, 1.165) is 34.8 Å². The lowest BCUT2D eigenvalue weighted by Crippen LogP contribution is -2.53. The molecule has 1 aromatic heterocycles. The van der Waals surface area contributed by atoms with Gasteiger partial charge in [0.05, 0.1) is 12.8 Å². The van der Waals surface area contributed by atoms with Crippen LogP contribution in [-0.2, 0) is 11.3 Å². The molecule has 1 aliphatic heterocycles. The standard InChI is InChI=1S/C28H33FN6O3/c1-3-13-30-28(37)35(19-21-7-9-23(29)10-8-21)20-27(36)34-16-14-33(15-17-34)26-12-11-25(31-32-26)22-5-4-6-24(18-22)38-2/h4-12,18H,3,13-17,19-20H2,1-2H3,(H,30,37). The first-order valence-corrected chi connectivity index (χ1v) is 12.7. The van der Waals surface area contributed by atoms with E-state index in [-0.39, 0.29) is 30.8 Å². The van der Waals surface area contributed by atoms with Crippen LogP contribution in [0, 0.1) is 5.82 Å². The van der Waals surface area contributed by atoms with E-state index >= 15 is 0 Å². The van der Waals surface area contributed by atoms with E-state index in [4.69, 9.17) is 4.74 Å². The van der Waals surface area contributed by atoms with Crippen molar-refractivity contribution in [3.8, 4) is 17.0 Å². The maximum Gasteiger partial charge on any atom is 0.318 e. The van der Waals surface area contributed by atoms with Gasteiger partial charge in [0.2, 0.25) is 5.91 Å². The first-order valence-electron chi connectivity index (χ1n) is 12.7. The Hall–Kier alpha value is -4.21. The minimum atomic E-state index is -0.343. The predicted octanol–water partition coefficient (Wildman–Crippen LogP) is 3.56. The number of nitrogens with one attached hydrogen (secondary N) is 1. The van der Waals surface area contributed by atoms with Crippen LogP contribution in [0.1, 0.15) is 18.9 Å². The highest BCUT2D eigenvalue weighted by Crippen LogP contribution is 2.23. The van der Waals surface area contributed by atoms with Crippen LogP contribution < -0.4 is 15.0 Å². The van der Waals surface area contributed by atoms with Crippen LogP contribution in [-0.4, -0.2) is 78.3 Å². The third-order valence-corrected chi connectivity index (χ3v) is 6.40. The summed E-state index contributed by atoms with van der Waals surface area (Å²) in [6.07, 6.45) is 0.787. The predicted molar refractivity (Wildman–Crippen MR) is 143 cm³/mol. The molecule has 3 aromatic rings. The maximum atomic E-state index is 13.3. The monoisotopic (exact) mass is 520 g/mol. The summed E-state index contributed by atoms with van der Waals surface area (Å²) < 4.78 is 18.6. The number of halogens is 1. The third-order valence-electron chi connectivity index (χ3n) is 6.40. The highest BCUT2D eigenvalue weighted by molar-refractivity contribution is 5.84. The molecule has 0 atom stereocenters. The summed E-state index contributed by atoms with van der Waals surface area (Å²) >= 11 is 0. The van der Waals surface area contributed by atoms with Crippen LogP contribution in [0.25, 0.3) is 11.3 Å². The van der Waals surface area contributed by atoms with Crippen molar-refractivity contribution in [2.45, 2.75) is 19.9 Å². The number of nitrogens with zero attached hydrogens (tertiary/aromatic N) is 5. The van der Waals surface area contributed by atoms with Gasteiger partial charge in [0.25, 0.3) is 0 Å². The van der Waals surface area contributed by atoms with Crippen molar-refractivity contribution in [1.29, 1.82) is 0 Å². The molecular formula is C28H33FN6O3. The van der Waals surface area contributed by atoms with Crippen LogP contribution in [0.5, 0.6) is 5.75 Å². The van der Waals surface area contributed by atoms with Crippen molar-refractivity contribution < 1.29 is 18.7 Å². The number of hydrogen-bond donors (Lipinski definition) is 1. The van der Waals surface area contributed by atoms with Crippen molar-refractivity contribution in [3.63, 3.8) is 0 Å². The molecule has 9 nitrogen and oxygen atoms in total.